The summed E-state index contributed by atoms with van der Waals surface area (Å²) in [4.78, 5) is 16.5. The summed E-state index contributed by atoms with van der Waals surface area (Å²) in [6.45, 7) is 6.33. The third kappa shape index (κ3) is 3.84. The number of anilines is 1. The number of rotatable bonds is 5. The van der Waals surface area contributed by atoms with Gasteiger partial charge in [-0.15, -0.1) is 0 Å². The smallest absolute Gasteiger partial charge is 0.240 e. The average molecular weight is 286 g/mol. The second-order valence-electron chi connectivity index (χ2n) is 5.79. The predicted octanol–water partition coefficient (Wildman–Crippen LogP) is 2.44. The van der Waals surface area contributed by atoms with E-state index in [4.69, 9.17) is 5.73 Å². The van der Waals surface area contributed by atoms with Crippen molar-refractivity contribution in [3.05, 3.63) is 36.7 Å². The molecular formula is C16H22N4O. The van der Waals surface area contributed by atoms with Crippen LogP contribution in [0.2, 0.25) is 0 Å². The zero-order chi connectivity index (χ0) is 15.5. The molecular weight excluding hydrogens is 264 g/mol. The van der Waals surface area contributed by atoms with Crippen LogP contribution in [0.15, 0.2) is 36.7 Å². The van der Waals surface area contributed by atoms with Crippen molar-refractivity contribution in [3.8, 4) is 11.4 Å². The SMILES string of the molecule is CCC(C)(C)NC(=O)Cn1ccnc1-c1ccc(N)cc1. The summed E-state index contributed by atoms with van der Waals surface area (Å²) in [5, 5.41) is 3.02. The number of carbonyl (C=O) groups is 1. The highest BCUT2D eigenvalue weighted by atomic mass is 16.2. The number of hydrogen-bond acceptors (Lipinski definition) is 3. The molecule has 5 nitrogen and oxygen atoms in total. The van der Waals surface area contributed by atoms with E-state index < -0.39 is 0 Å². The van der Waals surface area contributed by atoms with Gasteiger partial charge in [0.2, 0.25) is 5.91 Å². The summed E-state index contributed by atoms with van der Waals surface area (Å²) in [5.41, 5.74) is 7.15. The van der Waals surface area contributed by atoms with Gasteiger partial charge in [0, 0.05) is 29.2 Å². The van der Waals surface area contributed by atoms with Crippen molar-refractivity contribution >= 4 is 11.6 Å². The monoisotopic (exact) mass is 286 g/mol. The lowest BCUT2D eigenvalue weighted by Crippen LogP contribution is -2.44. The molecule has 5 heteroatoms. The van der Waals surface area contributed by atoms with Gasteiger partial charge in [-0.3, -0.25) is 4.79 Å². The highest BCUT2D eigenvalue weighted by Crippen LogP contribution is 2.19. The van der Waals surface area contributed by atoms with Gasteiger partial charge in [0.15, 0.2) is 0 Å². The number of imidazole rings is 1. The number of amides is 1. The van der Waals surface area contributed by atoms with Gasteiger partial charge in [-0.1, -0.05) is 6.92 Å². The van der Waals surface area contributed by atoms with E-state index in [1.165, 1.54) is 0 Å². The number of benzene rings is 1. The van der Waals surface area contributed by atoms with E-state index >= 15 is 0 Å². The molecule has 0 unspecified atom stereocenters. The molecule has 0 atom stereocenters. The summed E-state index contributed by atoms with van der Waals surface area (Å²) in [6.07, 6.45) is 4.39. The molecule has 1 aromatic carbocycles. The molecule has 1 heterocycles. The van der Waals surface area contributed by atoms with Crippen LogP contribution >= 0.6 is 0 Å². The Kier molecular flexibility index (Phi) is 4.31. The van der Waals surface area contributed by atoms with Crippen LogP contribution in [0, 0.1) is 0 Å². The van der Waals surface area contributed by atoms with Crippen LogP contribution in [0.3, 0.4) is 0 Å². The first-order valence-corrected chi connectivity index (χ1v) is 7.09. The fourth-order valence-electron chi connectivity index (χ4n) is 1.99. The van der Waals surface area contributed by atoms with Gasteiger partial charge in [0.25, 0.3) is 0 Å². The fourth-order valence-corrected chi connectivity index (χ4v) is 1.99. The molecule has 0 aliphatic carbocycles. The Morgan fingerprint density at radius 3 is 2.62 bits per heavy atom. The first-order chi connectivity index (χ1) is 9.91. The van der Waals surface area contributed by atoms with Crippen molar-refractivity contribution in [2.75, 3.05) is 5.73 Å². The molecule has 1 amide bonds. The Labute approximate surface area is 125 Å². The normalized spacial score (nSPS) is 11.4. The maximum atomic E-state index is 12.1. The van der Waals surface area contributed by atoms with E-state index in [2.05, 4.69) is 17.2 Å². The number of hydrogen-bond donors (Lipinski definition) is 2. The average Bonchev–Trinajstić information content (AvgIpc) is 2.87. The lowest BCUT2D eigenvalue weighted by molar-refractivity contribution is -0.123. The first kappa shape index (κ1) is 15.1. The fraction of sp³-hybridized carbons (Fsp3) is 0.375. The minimum absolute atomic E-state index is 0.0171. The first-order valence-electron chi connectivity index (χ1n) is 7.09. The number of carbonyl (C=O) groups excluding carboxylic acids is 1. The van der Waals surface area contributed by atoms with Crippen molar-refractivity contribution in [3.63, 3.8) is 0 Å². The van der Waals surface area contributed by atoms with Gasteiger partial charge in [-0.05, 0) is 44.5 Å². The molecule has 112 valence electrons. The molecule has 0 aliphatic rings. The molecule has 0 bridgehead atoms. The number of nitrogens with zero attached hydrogens (tertiary/aromatic N) is 2. The molecule has 2 aromatic rings. The predicted molar refractivity (Wildman–Crippen MR) is 84.6 cm³/mol. The molecule has 1 aromatic heterocycles. The largest absolute Gasteiger partial charge is 0.399 e. The van der Waals surface area contributed by atoms with E-state index in [0.717, 1.165) is 17.8 Å². The van der Waals surface area contributed by atoms with Crippen LogP contribution in [0.5, 0.6) is 0 Å². The van der Waals surface area contributed by atoms with E-state index in [9.17, 15) is 4.79 Å². The summed E-state index contributed by atoms with van der Waals surface area (Å²) >= 11 is 0. The second kappa shape index (κ2) is 5.99. The highest BCUT2D eigenvalue weighted by molar-refractivity contribution is 5.77. The van der Waals surface area contributed by atoms with E-state index in [1.54, 1.807) is 6.20 Å². The Balaban J connectivity index is 2.14. The molecule has 0 saturated heterocycles. The standard InChI is InChI=1S/C16H22N4O/c1-4-16(2,3)19-14(21)11-20-10-9-18-15(20)12-5-7-13(17)8-6-12/h5-10H,4,11,17H2,1-3H3,(H,19,21). The van der Waals surface area contributed by atoms with Crippen LogP contribution in [-0.4, -0.2) is 21.0 Å². The van der Waals surface area contributed by atoms with Gasteiger partial charge in [-0.25, -0.2) is 4.98 Å². The van der Waals surface area contributed by atoms with Crippen LogP contribution in [-0.2, 0) is 11.3 Å². The Morgan fingerprint density at radius 1 is 1.33 bits per heavy atom. The lowest BCUT2D eigenvalue weighted by Gasteiger charge is -2.24. The summed E-state index contributed by atoms with van der Waals surface area (Å²) in [5.74, 6) is 0.746. The van der Waals surface area contributed by atoms with Gasteiger partial charge in [-0.2, -0.15) is 0 Å². The van der Waals surface area contributed by atoms with Crippen molar-refractivity contribution < 1.29 is 4.79 Å². The second-order valence-corrected chi connectivity index (χ2v) is 5.79. The Hall–Kier alpha value is -2.30. The van der Waals surface area contributed by atoms with Crippen LogP contribution in [0.4, 0.5) is 5.69 Å². The molecule has 21 heavy (non-hydrogen) atoms. The van der Waals surface area contributed by atoms with Gasteiger partial charge < -0.3 is 15.6 Å². The Morgan fingerprint density at radius 2 is 2.00 bits per heavy atom. The number of nitrogens with two attached hydrogens (primary N) is 1. The summed E-state index contributed by atoms with van der Waals surface area (Å²) in [6, 6.07) is 7.47. The summed E-state index contributed by atoms with van der Waals surface area (Å²) in [7, 11) is 0. The minimum Gasteiger partial charge on any atom is -0.399 e. The highest BCUT2D eigenvalue weighted by Gasteiger charge is 2.18. The van der Waals surface area contributed by atoms with Crippen LogP contribution < -0.4 is 11.1 Å². The molecule has 0 spiro atoms. The molecule has 0 saturated carbocycles. The van der Waals surface area contributed by atoms with Gasteiger partial charge in [0.1, 0.15) is 12.4 Å². The van der Waals surface area contributed by atoms with Crippen molar-refractivity contribution in [1.29, 1.82) is 0 Å². The number of nitrogen functional groups attached to an aromatic ring is 1. The maximum Gasteiger partial charge on any atom is 0.240 e. The molecule has 2 rings (SSSR count). The molecule has 0 aliphatic heterocycles. The van der Waals surface area contributed by atoms with Crippen molar-refractivity contribution in [1.82, 2.24) is 14.9 Å². The Bertz CT molecular complexity index is 613. The minimum atomic E-state index is -0.195. The van der Waals surface area contributed by atoms with Crippen LogP contribution in [0.25, 0.3) is 11.4 Å². The lowest BCUT2D eigenvalue weighted by atomic mass is 10.0. The topological polar surface area (TPSA) is 72.9 Å². The van der Waals surface area contributed by atoms with Crippen LogP contribution in [0.1, 0.15) is 27.2 Å². The van der Waals surface area contributed by atoms with E-state index in [0.29, 0.717) is 5.69 Å². The third-order valence-corrected chi connectivity index (χ3v) is 3.56. The zero-order valence-electron chi connectivity index (χ0n) is 12.8. The number of aromatic nitrogens is 2. The third-order valence-electron chi connectivity index (χ3n) is 3.56. The summed E-state index contributed by atoms with van der Waals surface area (Å²) < 4.78 is 1.84. The van der Waals surface area contributed by atoms with E-state index in [1.807, 2.05) is 48.9 Å². The van der Waals surface area contributed by atoms with Gasteiger partial charge >= 0.3 is 0 Å². The van der Waals surface area contributed by atoms with Gasteiger partial charge in [0.05, 0.1) is 0 Å². The maximum absolute atomic E-state index is 12.1. The van der Waals surface area contributed by atoms with E-state index in [-0.39, 0.29) is 18.0 Å². The molecule has 0 fully saturated rings. The molecule has 0 radical (unpaired) electrons. The van der Waals surface area contributed by atoms with Crippen molar-refractivity contribution in [2.24, 2.45) is 0 Å². The van der Waals surface area contributed by atoms with Crippen molar-refractivity contribution in [2.45, 2.75) is 39.3 Å². The molecule has 3 N–H and O–H groups in total. The quantitative estimate of drug-likeness (QED) is 0.829. The zero-order valence-corrected chi connectivity index (χ0v) is 12.8. The number of nitrogens with one attached hydrogen (secondary N) is 1.